The highest BCUT2D eigenvalue weighted by atomic mass is 32.2. The molecule has 0 saturated carbocycles. The molecule has 3 heterocycles. The first-order valence-electron chi connectivity index (χ1n) is 8.00. The predicted molar refractivity (Wildman–Crippen MR) is 90.1 cm³/mol. The monoisotopic (exact) mass is 368 g/mol. The standard InChI is InChI=1S/C15H20N4O3S2/c1-2-5-13-17-14(22-18-13)11-23-15-7-6-12(10-16-15)24(20,21)19-8-3-4-9-19/h6-7,10H,2-5,8-9,11H2,1H3. The molecule has 0 radical (unpaired) electrons. The zero-order valence-electron chi connectivity index (χ0n) is 13.5. The van der Waals surface area contributed by atoms with Crippen molar-refractivity contribution in [3.05, 3.63) is 30.0 Å². The fraction of sp³-hybridized carbons (Fsp3) is 0.533. The molecular formula is C15H20N4O3S2. The lowest BCUT2D eigenvalue weighted by Gasteiger charge is -2.15. The number of aromatic nitrogens is 3. The molecule has 2 aromatic heterocycles. The van der Waals surface area contributed by atoms with Crippen molar-refractivity contribution in [2.45, 2.75) is 48.3 Å². The summed E-state index contributed by atoms with van der Waals surface area (Å²) in [6.07, 6.45) is 5.04. The molecule has 9 heteroatoms. The van der Waals surface area contributed by atoms with Gasteiger partial charge in [-0.3, -0.25) is 0 Å². The maximum absolute atomic E-state index is 12.4. The van der Waals surface area contributed by atoms with Gasteiger partial charge in [-0.05, 0) is 31.4 Å². The van der Waals surface area contributed by atoms with Crippen LogP contribution in [0.3, 0.4) is 0 Å². The number of nitrogens with zero attached hydrogens (tertiary/aromatic N) is 4. The van der Waals surface area contributed by atoms with Gasteiger partial charge in [-0.1, -0.05) is 23.8 Å². The highest BCUT2D eigenvalue weighted by Crippen LogP contribution is 2.24. The van der Waals surface area contributed by atoms with E-state index in [9.17, 15) is 8.42 Å². The van der Waals surface area contributed by atoms with E-state index in [0.29, 0.717) is 30.6 Å². The molecule has 0 atom stereocenters. The van der Waals surface area contributed by atoms with Crippen LogP contribution in [0.4, 0.5) is 0 Å². The molecule has 3 rings (SSSR count). The number of hydrogen-bond acceptors (Lipinski definition) is 7. The summed E-state index contributed by atoms with van der Waals surface area (Å²) in [5.74, 6) is 1.79. The van der Waals surface area contributed by atoms with Crippen LogP contribution in [-0.2, 0) is 22.2 Å². The smallest absolute Gasteiger partial charge is 0.244 e. The van der Waals surface area contributed by atoms with Crippen LogP contribution in [0, 0.1) is 0 Å². The van der Waals surface area contributed by atoms with Crippen molar-refractivity contribution in [2.24, 2.45) is 0 Å². The van der Waals surface area contributed by atoms with Gasteiger partial charge in [0.1, 0.15) is 4.90 Å². The third-order valence-corrected chi connectivity index (χ3v) is 6.55. The summed E-state index contributed by atoms with van der Waals surface area (Å²) in [5, 5.41) is 4.63. The van der Waals surface area contributed by atoms with Gasteiger partial charge in [0, 0.05) is 25.7 Å². The average molecular weight is 368 g/mol. The van der Waals surface area contributed by atoms with Gasteiger partial charge in [0.05, 0.1) is 10.8 Å². The fourth-order valence-corrected chi connectivity index (χ4v) is 4.63. The van der Waals surface area contributed by atoms with Crippen molar-refractivity contribution < 1.29 is 12.9 Å². The van der Waals surface area contributed by atoms with Crippen molar-refractivity contribution in [3.63, 3.8) is 0 Å². The Morgan fingerprint density at radius 3 is 2.75 bits per heavy atom. The molecule has 0 unspecified atom stereocenters. The van der Waals surface area contributed by atoms with Crippen molar-refractivity contribution in [1.29, 1.82) is 0 Å². The van der Waals surface area contributed by atoms with E-state index < -0.39 is 10.0 Å². The van der Waals surface area contributed by atoms with Crippen LogP contribution in [0.5, 0.6) is 0 Å². The summed E-state index contributed by atoms with van der Waals surface area (Å²) in [5.41, 5.74) is 0. The summed E-state index contributed by atoms with van der Waals surface area (Å²) >= 11 is 1.44. The fourth-order valence-electron chi connectivity index (χ4n) is 2.49. The first-order valence-corrected chi connectivity index (χ1v) is 10.4. The largest absolute Gasteiger partial charge is 0.338 e. The van der Waals surface area contributed by atoms with Gasteiger partial charge in [-0.2, -0.15) is 9.29 Å². The average Bonchev–Trinajstić information content (AvgIpc) is 3.26. The molecule has 1 aliphatic heterocycles. The van der Waals surface area contributed by atoms with Crippen LogP contribution in [0.15, 0.2) is 32.8 Å². The first kappa shape index (κ1) is 17.4. The SMILES string of the molecule is CCCc1noc(CSc2ccc(S(=O)(=O)N3CCCC3)cn2)n1. The first-order chi connectivity index (χ1) is 11.6. The van der Waals surface area contributed by atoms with E-state index in [0.717, 1.165) is 30.7 Å². The lowest BCUT2D eigenvalue weighted by atomic mass is 10.3. The van der Waals surface area contributed by atoms with E-state index >= 15 is 0 Å². The van der Waals surface area contributed by atoms with Crippen molar-refractivity contribution >= 4 is 21.8 Å². The van der Waals surface area contributed by atoms with E-state index in [2.05, 4.69) is 22.0 Å². The Kier molecular flexibility index (Phi) is 5.52. The lowest BCUT2D eigenvalue weighted by Crippen LogP contribution is -2.27. The second-order valence-corrected chi connectivity index (χ2v) is 8.52. The van der Waals surface area contributed by atoms with Crippen LogP contribution < -0.4 is 0 Å². The van der Waals surface area contributed by atoms with Gasteiger partial charge in [-0.15, -0.1) is 0 Å². The minimum Gasteiger partial charge on any atom is -0.338 e. The van der Waals surface area contributed by atoms with Crippen molar-refractivity contribution in [2.75, 3.05) is 13.1 Å². The highest BCUT2D eigenvalue weighted by molar-refractivity contribution is 7.98. The highest BCUT2D eigenvalue weighted by Gasteiger charge is 2.27. The van der Waals surface area contributed by atoms with E-state index in [1.54, 1.807) is 12.1 Å². The molecule has 1 fully saturated rings. The molecule has 0 amide bonds. The van der Waals surface area contributed by atoms with Crippen LogP contribution in [-0.4, -0.2) is 40.9 Å². The van der Waals surface area contributed by atoms with Crippen molar-refractivity contribution in [1.82, 2.24) is 19.4 Å². The van der Waals surface area contributed by atoms with E-state index in [1.807, 2.05) is 0 Å². The van der Waals surface area contributed by atoms with Gasteiger partial charge in [0.15, 0.2) is 5.82 Å². The Bertz CT molecular complexity index is 768. The molecule has 0 aliphatic carbocycles. The van der Waals surface area contributed by atoms with Crippen LogP contribution in [0.25, 0.3) is 0 Å². The van der Waals surface area contributed by atoms with Crippen molar-refractivity contribution in [3.8, 4) is 0 Å². The summed E-state index contributed by atoms with van der Waals surface area (Å²) in [4.78, 5) is 8.78. The molecule has 2 aromatic rings. The maximum Gasteiger partial charge on any atom is 0.244 e. The third kappa shape index (κ3) is 3.96. The molecular weight excluding hydrogens is 348 g/mol. The normalized spacial score (nSPS) is 15.9. The number of thioether (sulfide) groups is 1. The summed E-state index contributed by atoms with van der Waals surface area (Å²) in [6.45, 7) is 3.25. The topological polar surface area (TPSA) is 89.2 Å². The molecule has 0 spiro atoms. The Hall–Kier alpha value is -1.45. The van der Waals surface area contributed by atoms with Crippen LogP contribution >= 0.6 is 11.8 Å². The van der Waals surface area contributed by atoms with Gasteiger partial charge in [0.2, 0.25) is 15.9 Å². The minimum atomic E-state index is -3.40. The molecule has 1 aliphatic rings. The third-order valence-electron chi connectivity index (χ3n) is 3.74. The maximum atomic E-state index is 12.4. The second-order valence-electron chi connectivity index (χ2n) is 5.59. The Morgan fingerprint density at radius 1 is 1.29 bits per heavy atom. The van der Waals surface area contributed by atoms with Gasteiger partial charge < -0.3 is 4.52 Å². The predicted octanol–water partition coefficient (Wildman–Crippen LogP) is 2.49. The lowest BCUT2D eigenvalue weighted by molar-refractivity contribution is 0.384. The number of aryl methyl sites for hydroxylation is 1. The zero-order valence-corrected chi connectivity index (χ0v) is 15.1. The minimum absolute atomic E-state index is 0.247. The van der Waals surface area contributed by atoms with E-state index in [-0.39, 0.29) is 4.90 Å². The summed E-state index contributed by atoms with van der Waals surface area (Å²) < 4.78 is 31.6. The molecule has 1 saturated heterocycles. The van der Waals surface area contributed by atoms with Crippen LogP contribution in [0.2, 0.25) is 0 Å². The summed E-state index contributed by atoms with van der Waals surface area (Å²) in [6, 6.07) is 3.33. The molecule has 7 nitrogen and oxygen atoms in total. The van der Waals surface area contributed by atoms with Gasteiger partial charge in [0.25, 0.3) is 0 Å². The van der Waals surface area contributed by atoms with E-state index in [1.165, 1.54) is 22.3 Å². The Morgan fingerprint density at radius 2 is 2.08 bits per heavy atom. The number of hydrogen-bond donors (Lipinski definition) is 0. The van der Waals surface area contributed by atoms with E-state index in [4.69, 9.17) is 4.52 Å². The molecule has 24 heavy (non-hydrogen) atoms. The van der Waals surface area contributed by atoms with Crippen LogP contribution in [0.1, 0.15) is 37.9 Å². The number of rotatable bonds is 7. The molecule has 0 N–H and O–H groups in total. The molecule has 130 valence electrons. The summed E-state index contributed by atoms with van der Waals surface area (Å²) in [7, 11) is -3.40. The quantitative estimate of drug-likeness (QED) is 0.694. The number of sulfonamides is 1. The van der Waals surface area contributed by atoms with Gasteiger partial charge >= 0.3 is 0 Å². The molecule has 0 bridgehead atoms. The Balaban J connectivity index is 1.61. The molecule has 0 aromatic carbocycles. The second kappa shape index (κ2) is 7.62. The van der Waals surface area contributed by atoms with Gasteiger partial charge in [-0.25, -0.2) is 13.4 Å². The zero-order chi connectivity index (χ0) is 17.0. The number of pyridine rings is 1. The Labute approximate surface area is 145 Å².